The molecule has 684 valence electrons. The maximum absolute atomic E-state index is 12.5. The Hall–Kier alpha value is -6.40. The van der Waals surface area contributed by atoms with Crippen LogP contribution in [0.25, 0.3) is 24.3 Å². The molecular weight excluding hydrogens is 2050 g/mol. The molecule has 0 aliphatic heterocycles. The summed E-state index contributed by atoms with van der Waals surface area (Å²) >= 11 is 32.5. The molecular formula is C86H107Cl5F9I2N9O9S3Ti. The number of aromatic nitrogens is 5. The van der Waals surface area contributed by atoms with Crippen molar-refractivity contribution in [1.29, 1.82) is 0 Å². The average molecular weight is 2160 g/mol. The SMILES string of the molecule is CC.CCO.CCO.CCO.CCO.CNC(C)(/C=C/c1ccccc1)c1cc(Cl)nc(C)c1C.CS(=O)N=C(/C=C/c1ccccc1)C(F)(F)F.CS(=O)N=C(/C=C/c1ccccc1)C(F)(F)F.CS(N)=O.Cc1ccc(Cl)nc1C.Cc1ccc(Cl)nc1C.Cc1ccc(Cl)nc1I.O=C(/C=C/c1ccccc1)C(F)(F)F.Oc1ccc(Cl)nc1I.[Ti]. The van der Waals surface area contributed by atoms with Gasteiger partial charge in [-0.2, -0.15) is 48.3 Å². The van der Waals surface area contributed by atoms with E-state index in [9.17, 15) is 56.9 Å². The number of nitrogens with one attached hydrogen (secondary N) is 1. The molecule has 5 heterocycles. The number of aryl methyl sites for hydroxylation is 6. The Morgan fingerprint density at radius 1 is 0.452 bits per heavy atom. The summed E-state index contributed by atoms with van der Waals surface area (Å²) in [5, 5.41) is 49.8. The number of carbonyl (C=O) groups excluding carboxylic acids is 1. The maximum Gasteiger partial charge on any atom is 0.454 e. The number of nitrogens with two attached hydrogens (primary N) is 1. The summed E-state index contributed by atoms with van der Waals surface area (Å²) in [5.74, 6) is -1.68. The Kier molecular flexibility index (Phi) is 77.2. The predicted octanol–water partition coefficient (Wildman–Crippen LogP) is 23.0. The van der Waals surface area contributed by atoms with Gasteiger partial charge in [-0.15, -0.1) is 0 Å². The number of aliphatic hydroxyl groups excluding tert-OH is 4. The largest absolute Gasteiger partial charge is 0.505 e. The number of allylic oxidation sites excluding steroid dienone is 3. The number of benzene rings is 4. The van der Waals surface area contributed by atoms with E-state index in [0.717, 1.165) is 62.6 Å². The van der Waals surface area contributed by atoms with E-state index in [-0.39, 0.29) is 59.4 Å². The second-order valence-electron chi connectivity index (χ2n) is 23.3. The van der Waals surface area contributed by atoms with Crippen LogP contribution in [0, 0.1) is 55.9 Å². The van der Waals surface area contributed by atoms with Crippen molar-refractivity contribution in [2.24, 2.45) is 13.9 Å². The summed E-state index contributed by atoms with van der Waals surface area (Å²) in [4.78, 5) is 30.6. The smallest absolute Gasteiger partial charge is 0.454 e. The summed E-state index contributed by atoms with van der Waals surface area (Å²) in [6, 6.07) is 51.8. The fourth-order valence-electron chi connectivity index (χ4n) is 7.40. The van der Waals surface area contributed by atoms with Gasteiger partial charge in [-0.25, -0.2) is 37.5 Å². The molecule has 5 aromatic heterocycles. The third kappa shape index (κ3) is 67.8. The minimum absolute atomic E-state index is 0. The molecule has 0 bridgehead atoms. The van der Waals surface area contributed by atoms with E-state index in [0.29, 0.717) is 52.2 Å². The zero-order valence-corrected chi connectivity index (χ0v) is 83.6. The van der Waals surface area contributed by atoms with Crippen LogP contribution in [0.2, 0.25) is 25.8 Å². The number of hydrogen-bond acceptors (Lipinski definition) is 15. The zero-order valence-electron chi connectivity index (χ0n) is 71.5. The zero-order chi connectivity index (χ0) is 95.7. The van der Waals surface area contributed by atoms with Crippen LogP contribution >= 0.6 is 103 Å². The van der Waals surface area contributed by atoms with Gasteiger partial charge in [-0.3, -0.25) is 9.93 Å². The molecule has 0 spiro atoms. The first kappa shape index (κ1) is 128. The van der Waals surface area contributed by atoms with Crippen molar-refractivity contribution in [3.05, 3.63) is 301 Å². The van der Waals surface area contributed by atoms with Crippen molar-refractivity contribution in [2.75, 3.05) is 52.2 Å². The van der Waals surface area contributed by atoms with Crippen LogP contribution in [0.15, 0.2) is 209 Å². The molecule has 0 radical (unpaired) electrons. The molecule has 0 saturated heterocycles. The number of likely N-dealkylation sites (N-methyl/N-ethyl adjacent to an activating group) is 1. The minimum atomic E-state index is -4.79. The molecule has 124 heavy (non-hydrogen) atoms. The second kappa shape index (κ2) is 74.5. The first-order valence-electron chi connectivity index (χ1n) is 36.3. The number of hydrogen-bond donors (Lipinski definition) is 7. The number of alkyl halides is 9. The Labute approximate surface area is 798 Å². The van der Waals surface area contributed by atoms with Crippen molar-refractivity contribution in [1.82, 2.24) is 30.2 Å². The third-order valence-electron chi connectivity index (χ3n) is 13.4. The molecule has 0 amide bonds. The summed E-state index contributed by atoms with van der Waals surface area (Å²) in [7, 11) is -2.92. The molecule has 4 unspecified atom stereocenters. The van der Waals surface area contributed by atoms with Crippen LogP contribution in [0.1, 0.15) is 116 Å². The van der Waals surface area contributed by atoms with Gasteiger partial charge in [-0.1, -0.05) is 242 Å². The van der Waals surface area contributed by atoms with Gasteiger partial charge in [-0.05, 0) is 240 Å². The van der Waals surface area contributed by atoms with Gasteiger partial charge in [0.05, 0.1) is 16.5 Å². The van der Waals surface area contributed by atoms with Crippen molar-refractivity contribution in [2.45, 2.75) is 121 Å². The third-order valence-corrected chi connectivity index (χ3v) is 17.2. The first-order valence-corrected chi connectivity index (χ1v) is 45.0. The van der Waals surface area contributed by atoms with Gasteiger partial charge in [0, 0.05) is 84.0 Å². The number of halogens is 16. The van der Waals surface area contributed by atoms with E-state index < -0.39 is 68.7 Å². The fraction of sp³-hybridized carbons (Fsp3) is 0.302. The number of pyridine rings is 5. The summed E-state index contributed by atoms with van der Waals surface area (Å²) in [6.07, 6.45) is -0.263. The Morgan fingerprint density at radius 3 is 0.976 bits per heavy atom. The molecule has 0 saturated carbocycles. The van der Waals surface area contributed by atoms with Crippen molar-refractivity contribution < 1.29 is 104 Å². The van der Waals surface area contributed by atoms with E-state index in [1.807, 2.05) is 127 Å². The number of aliphatic hydroxyl groups is 4. The quantitative estimate of drug-likeness (QED) is 0.0149. The van der Waals surface area contributed by atoms with E-state index >= 15 is 0 Å². The van der Waals surface area contributed by atoms with Gasteiger partial charge in [0.25, 0.3) is 5.78 Å². The molecule has 8 N–H and O–H groups in total. The van der Waals surface area contributed by atoms with Gasteiger partial charge in [0.2, 0.25) is 0 Å². The molecule has 18 nitrogen and oxygen atoms in total. The molecule has 9 rings (SSSR count). The molecule has 4 atom stereocenters. The standard InChI is InChI=1S/C18H21ClN2.2C11H10F3NOS.C10H7F3O.2C7H8ClN.C6H5ClIN.C5H3ClINO.4C2H6O.C2H6.CH5NOS.Ti/c1-13-14(2)21-17(19)12-16(13)18(3,20-4)11-10-15-8-6-5-7-9-15;2*1-17(16)15-10(11(12,13)14)8-7-9-5-3-2-4-6-9;11-10(12,13)9(14)7-6-8-4-2-1-3-5-8;2*1-5-3-4-7(8)9-6(5)2;1-4-2-3-5(7)9-6(4)8;6-4-2-1-3(9)5(7)8-4;4*1-2-3;1-2;1-4(2)3;/h5-12,20H,1-4H3;2*2-8H,1H3;1-7H;2*3-4H,1-2H3;2-3H,1H3;1-2,9H;4*3H,2H2,1H3;1-2H3;2H2,1H3;/b11-10+;2*8-7+,15-10?;7-6+;;;;;;;;;;;. The van der Waals surface area contributed by atoms with Crippen molar-refractivity contribution in [3.8, 4) is 5.75 Å². The van der Waals surface area contributed by atoms with Crippen LogP contribution < -0.4 is 10.5 Å². The maximum atomic E-state index is 12.5. The molecule has 0 aliphatic rings. The molecule has 0 aliphatic carbocycles. The van der Waals surface area contributed by atoms with Gasteiger partial charge in [0.1, 0.15) is 60.9 Å². The molecule has 38 heteroatoms. The van der Waals surface area contributed by atoms with Gasteiger partial charge >= 0.3 is 18.5 Å². The van der Waals surface area contributed by atoms with E-state index in [1.54, 1.807) is 143 Å². The Morgan fingerprint density at radius 2 is 0.726 bits per heavy atom. The van der Waals surface area contributed by atoms with E-state index in [1.165, 1.54) is 46.7 Å². The van der Waals surface area contributed by atoms with Crippen LogP contribution in [-0.4, -0.2) is 151 Å². The van der Waals surface area contributed by atoms with Crippen molar-refractivity contribution >= 4 is 178 Å². The number of ketones is 1. The van der Waals surface area contributed by atoms with E-state index in [2.05, 4.69) is 105 Å². The average Bonchev–Trinajstić information content (AvgIpc) is 0.793. The Bertz CT molecular complexity index is 4390. The summed E-state index contributed by atoms with van der Waals surface area (Å²) < 4.78 is 148. The van der Waals surface area contributed by atoms with E-state index in [4.69, 9.17) is 83.5 Å². The van der Waals surface area contributed by atoms with Crippen LogP contribution in [0.3, 0.4) is 0 Å². The predicted molar refractivity (Wildman–Crippen MR) is 512 cm³/mol. The number of nitrogens with zero attached hydrogens (tertiary/aromatic N) is 7. The van der Waals surface area contributed by atoms with Crippen LogP contribution in [0.4, 0.5) is 39.5 Å². The molecule has 0 fully saturated rings. The monoisotopic (exact) mass is 2150 g/mol. The number of carbonyl (C=O) groups is 1. The molecule has 4 aromatic carbocycles. The minimum Gasteiger partial charge on any atom is -0.505 e. The normalized spacial score (nSPS) is 11.9. The topological polar surface area (TPSA) is 297 Å². The van der Waals surface area contributed by atoms with Gasteiger partial charge < -0.3 is 30.8 Å². The van der Waals surface area contributed by atoms with Crippen LogP contribution in [0.5, 0.6) is 5.75 Å². The summed E-state index contributed by atoms with van der Waals surface area (Å²) in [6.45, 7) is 27.9. The van der Waals surface area contributed by atoms with Crippen molar-refractivity contribution in [3.63, 3.8) is 0 Å². The van der Waals surface area contributed by atoms with Crippen LogP contribution in [-0.2, 0) is 65.0 Å². The second-order valence-corrected chi connectivity index (χ2v) is 30.3. The molecule has 9 aromatic rings. The fourth-order valence-corrected chi connectivity index (χ4v) is 10.4. The summed E-state index contributed by atoms with van der Waals surface area (Å²) in [5.41, 5.74) is 9.18. The number of aromatic hydroxyl groups is 1. The number of rotatable bonds is 12. The Balaban J connectivity index is -0.000000316. The van der Waals surface area contributed by atoms with Gasteiger partial charge in [0.15, 0.2) is 11.4 Å². The first-order chi connectivity index (χ1) is 57.4.